The van der Waals surface area contributed by atoms with E-state index in [1.165, 1.54) is 0 Å². The van der Waals surface area contributed by atoms with Gasteiger partial charge in [-0.15, -0.1) is 0 Å². The third kappa shape index (κ3) is 2.71. The molecule has 0 bridgehead atoms. The van der Waals surface area contributed by atoms with E-state index in [2.05, 4.69) is 40.6 Å². The van der Waals surface area contributed by atoms with Gasteiger partial charge in [-0.2, -0.15) is 15.0 Å². The highest BCUT2D eigenvalue weighted by atomic mass is 15.3. The third-order valence-corrected chi connectivity index (χ3v) is 2.25. The number of anilines is 3. The average molecular weight is 224 g/mol. The van der Waals surface area contributed by atoms with E-state index >= 15 is 0 Å². The molecule has 1 aromatic rings. The summed E-state index contributed by atoms with van der Waals surface area (Å²) >= 11 is 0. The van der Waals surface area contributed by atoms with Crippen LogP contribution in [0.25, 0.3) is 0 Å². The molecular weight excluding hydrogens is 204 g/mol. The van der Waals surface area contributed by atoms with Crippen molar-refractivity contribution >= 4 is 17.8 Å². The van der Waals surface area contributed by atoms with Crippen LogP contribution in [-0.2, 0) is 0 Å². The SMILES string of the molecule is CCN(c1nc(N)nc(N(C)C)n1)C(C)C. The Morgan fingerprint density at radius 1 is 1.12 bits per heavy atom. The van der Waals surface area contributed by atoms with Crippen molar-refractivity contribution in [2.75, 3.05) is 36.2 Å². The van der Waals surface area contributed by atoms with Crippen molar-refractivity contribution < 1.29 is 0 Å². The standard InChI is InChI=1S/C10H20N6/c1-6-16(7(2)3)10-13-8(11)12-9(14-10)15(4)5/h7H,6H2,1-5H3,(H2,11,12,13,14). The van der Waals surface area contributed by atoms with E-state index in [9.17, 15) is 0 Å². The van der Waals surface area contributed by atoms with Crippen molar-refractivity contribution in [2.24, 2.45) is 0 Å². The van der Waals surface area contributed by atoms with Crippen LogP contribution in [0.2, 0.25) is 0 Å². The molecule has 6 heteroatoms. The van der Waals surface area contributed by atoms with Crippen LogP contribution in [0.3, 0.4) is 0 Å². The van der Waals surface area contributed by atoms with E-state index in [4.69, 9.17) is 5.73 Å². The Balaban J connectivity index is 3.12. The lowest BCUT2D eigenvalue weighted by molar-refractivity contribution is 0.678. The van der Waals surface area contributed by atoms with Crippen LogP contribution in [-0.4, -0.2) is 41.6 Å². The first-order chi connectivity index (χ1) is 7.45. The zero-order valence-electron chi connectivity index (χ0n) is 10.6. The molecule has 0 saturated heterocycles. The van der Waals surface area contributed by atoms with E-state index in [0.29, 0.717) is 17.9 Å². The maximum Gasteiger partial charge on any atom is 0.232 e. The highest BCUT2D eigenvalue weighted by molar-refractivity contribution is 5.43. The maximum atomic E-state index is 5.67. The summed E-state index contributed by atoms with van der Waals surface area (Å²) in [5.74, 6) is 1.48. The van der Waals surface area contributed by atoms with Crippen LogP contribution in [0, 0.1) is 0 Å². The summed E-state index contributed by atoms with van der Waals surface area (Å²) < 4.78 is 0. The number of hydrogen-bond acceptors (Lipinski definition) is 6. The smallest absolute Gasteiger partial charge is 0.232 e. The molecule has 6 nitrogen and oxygen atoms in total. The monoisotopic (exact) mass is 224 g/mol. The molecule has 90 valence electrons. The lowest BCUT2D eigenvalue weighted by Gasteiger charge is -2.25. The molecule has 0 saturated carbocycles. The van der Waals surface area contributed by atoms with Crippen LogP contribution in [0.1, 0.15) is 20.8 Å². The Bertz CT molecular complexity index is 349. The zero-order valence-corrected chi connectivity index (χ0v) is 10.6. The largest absolute Gasteiger partial charge is 0.368 e. The summed E-state index contributed by atoms with van der Waals surface area (Å²) in [6, 6.07) is 0.335. The van der Waals surface area contributed by atoms with Crippen LogP contribution in [0.15, 0.2) is 0 Å². The molecule has 0 aliphatic carbocycles. The fraction of sp³-hybridized carbons (Fsp3) is 0.700. The first kappa shape index (κ1) is 12.5. The summed E-state index contributed by atoms with van der Waals surface area (Å²) in [6.45, 7) is 7.10. The van der Waals surface area contributed by atoms with Crippen LogP contribution in [0.5, 0.6) is 0 Å². The number of nitrogen functional groups attached to an aromatic ring is 1. The average Bonchev–Trinajstić information content (AvgIpc) is 2.17. The van der Waals surface area contributed by atoms with Crippen LogP contribution < -0.4 is 15.5 Å². The second kappa shape index (κ2) is 4.96. The first-order valence-corrected chi connectivity index (χ1v) is 5.41. The lowest BCUT2D eigenvalue weighted by Crippen LogP contribution is -2.33. The molecule has 1 heterocycles. The van der Waals surface area contributed by atoms with Gasteiger partial charge in [0.05, 0.1) is 0 Å². The molecule has 0 spiro atoms. The minimum Gasteiger partial charge on any atom is -0.368 e. The van der Waals surface area contributed by atoms with Gasteiger partial charge in [0.2, 0.25) is 17.8 Å². The van der Waals surface area contributed by atoms with Gasteiger partial charge in [0.25, 0.3) is 0 Å². The normalized spacial score (nSPS) is 10.6. The number of hydrogen-bond donors (Lipinski definition) is 1. The van der Waals surface area contributed by atoms with Crippen LogP contribution in [0.4, 0.5) is 17.8 Å². The second-order valence-corrected chi connectivity index (χ2v) is 4.07. The number of rotatable bonds is 4. The number of nitrogens with two attached hydrogens (primary N) is 1. The van der Waals surface area contributed by atoms with Crippen molar-refractivity contribution in [1.82, 2.24) is 15.0 Å². The van der Waals surface area contributed by atoms with Gasteiger partial charge < -0.3 is 15.5 Å². The second-order valence-electron chi connectivity index (χ2n) is 4.07. The van der Waals surface area contributed by atoms with Gasteiger partial charge >= 0.3 is 0 Å². The van der Waals surface area contributed by atoms with Crippen molar-refractivity contribution in [3.05, 3.63) is 0 Å². The number of aromatic nitrogens is 3. The minimum atomic E-state index is 0.257. The Kier molecular flexibility index (Phi) is 3.87. The Labute approximate surface area is 96.5 Å². The molecule has 0 unspecified atom stereocenters. The maximum absolute atomic E-state index is 5.67. The zero-order chi connectivity index (χ0) is 12.3. The summed E-state index contributed by atoms with van der Waals surface area (Å²) in [7, 11) is 3.76. The molecule has 0 atom stereocenters. The van der Waals surface area contributed by atoms with Gasteiger partial charge in [-0.05, 0) is 20.8 Å². The molecule has 0 fully saturated rings. The van der Waals surface area contributed by atoms with Gasteiger partial charge in [0, 0.05) is 26.7 Å². The molecule has 16 heavy (non-hydrogen) atoms. The fourth-order valence-electron chi connectivity index (χ4n) is 1.44. The fourth-order valence-corrected chi connectivity index (χ4v) is 1.44. The quantitative estimate of drug-likeness (QED) is 0.814. The third-order valence-electron chi connectivity index (χ3n) is 2.25. The van der Waals surface area contributed by atoms with Gasteiger partial charge in [0.1, 0.15) is 0 Å². The topological polar surface area (TPSA) is 71.2 Å². The van der Waals surface area contributed by atoms with Crippen LogP contribution >= 0.6 is 0 Å². The Hall–Kier alpha value is -1.59. The molecule has 0 radical (unpaired) electrons. The van der Waals surface area contributed by atoms with E-state index in [1.54, 1.807) is 0 Å². The molecule has 1 aromatic heterocycles. The first-order valence-electron chi connectivity index (χ1n) is 5.41. The Morgan fingerprint density at radius 3 is 2.12 bits per heavy atom. The summed E-state index contributed by atoms with van der Waals surface area (Å²) in [5.41, 5.74) is 5.67. The molecule has 0 amide bonds. The predicted molar refractivity (Wildman–Crippen MR) is 66.7 cm³/mol. The van der Waals surface area contributed by atoms with E-state index in [-0.39, 0.29) is 5.95 Å². The molecule has 2 N–H and O–H groups in total. The van der Waals surface area contributed by atoms with Crippen molar-refractivity contribution in [3.63, 3.8) is 0 Å². The molecule has 0 aliphatic heterocycles. The molecule has 1 rings (SSSR count). The summed E-state index contributed by atoms with van der Waals surface area (Å²) in [5, 5.41) is 0. The van der Waals surface area contributed by atoms with Gasteiger partial charge in [0.15, 0.2) is 0 Å². The highest BCUT2D eigenvalue weighted by Crippen LogP contribution is 2.15. The van der Waals surface area contributed by atoms with Crippen molar-refractivity contribution in [3.8, 4) is 0 Å². The van der Waals surface area contributed by atoms with E-state index in [1.807, 2.05) is 19.0 Å². The van der Waals surface area contributed by atoms with Crippen molar-refractivity contribution in [1.29, 1.82) is 0 Å². The highest BCUT2D eigenvalue weighted by Gasteiger charge is 2.14. The van der Waals surface area contributed by atoms with Gasteiger partial charge in [-0.25, -0.2) is 0 Å². The molecule has 0 aromatic carbocycles. The minimum absolute atomic E-state index is 0.257. The van der Waals surface area contributed by atoms with Gasteiger partial charge in [-0.3, -0.25) is 0 Å². The Morgan fingerprint density at radius 2 is 1.69 bits per heavy atom. The predicted octanol–water partition coefficient (Wildman–Crippen LogP) is 0.754. The van der Waals surface area contributed by atoms with E-state index < -0.39 is 0 Å². The lowest BCUT2D eigenvalue weighted by atomic mass is 10.3. The van der Waals surface area contributed by atoms with E-state index in [0.717, 1.165) is 6.54 Å². The molecular formula is C10H20N6. The summed E-state index contributed by atoms with van der Waals surface area (Å²) in [6.07, 6.45) is 0. The number of nitrogens with zero attached hydrogens (tertiary/aromatic N) is 5. The molecule has 0 aliphatic rings. The van der Waals surface area contributed by atoms with Crippen molar-refractivity contribution in [2.45, 2.75) is 26.8 Å². The van der Waals surface area contributed by atoms with Gasteiger partial charge in [-0.1, -0.05) is 0 Å². The summed E-state index contributed by atoms with van der Waals surface area (Å²) in [4.78, 5) is 16.5.